The number of halogens is 5. The second kappa shape index (κ2) is 9.29. The summed E-state index contributed by atoms with van der Waals surface area (Å²) in [6.07, 6.45) is -0.921. The monoisotopic (exact) mass is 491 g/mol. The van der Waals surface area contributed by atoms with Crippen molar-refractivity contribution in [3.8, 4) is 11.1 Å². The van der Waals surface area contributed by atoms with Gasteiger partial charge < -0.3 is 16.2 Å². The van der Waals surface area contributed by atoms with Crippen LogP contribution < -0.4 is 11.1 Å². The van der Waals surface area contributed by atoms with Crippen LogP contribution in [0, 0.1) is 11.6 Å². The van der Waals surface area contributed by atoms with Crippen LogP contribution in [0.5, 0.6) is 0 Å². The van der Waals surface area contributed by atoms with Crippen LogP contribution in [0.2, 0.25) is 0 Å². The van der Waals surface area contributed by atoms with Gasteiger partial charge in [-0.25, -0.2) is 26.5 Å². The van der Waals surface area contributed by atoms with E-state index in [0.29, 0.717) is 0 Å². The van der Waals surface area contributed by atoms with Crippen LogP contribution in [-0.4, -0.2) is 38.1 Å². The predicted octanol–water partition coefficient (Wildman–Crippen LogP) is 3.82. The van der Waals surface area contributed by atoms with Crippen LogP contribution in [0.25, 0.3) is 16.8 Å². The van der Waals surface area contributed by atoms with Crippen molar-refractivity contribution in [2.75, 3.05) is 12.3 Å². The number of nitrogen functional groups attached to an aromatic ring is 1. The van der Waals surface area contributed by atoms with Gasteiger partial charge in [-0.3, -0.25) is 4.79 Å². The molecule has 0 aliphatic carbocycles. The Hall–Kier alpha value is -4.06. The number of amides is 1. The number of aliphatic hydroxyl groups is 1. The Balaban J connectivity index is 1.60. The summed E-state index contributed by atoms with van der Waals surface area (Å²) in [4.78, 5) is 16.6. The lowest BCUT2D eigenvalue weighted by atomic mass is 9.98. The highest BCUT2D eigenvalue weighted by atomic mass is 19.3. The normalized spacial score (nSPS) is 12.6. The van der Waals surface area contributed by atoms with Crippen molar-refractivity contribution in [2.45, 2.75) is 18.7 Å². The van der Waals surface area contributed by atoms with E-state index < -0.39 is 48.4 Å². The number of aliphatic hydroxyl groups excluding tert-OH is 1. The molecule has 0 radical (unpaired) electrons. The lowest BCUT2D eigenvalue weighted by Crippen LogP contribution is -2.41. The zero-order valence-electron chi connectivity index (χ0n) is 17.9. The number of nitrogens with one attached hydrogen (secondary N) is 1. The van der Waals surface area contributed by atoms with E-state index in [0.717, 1.165) is 24.3 Å². The third-order valence-corrected chi connectivity index (χ3v) is 5.33. The first-order chi connectivity index (χ1) is 16.6. The lowest BCUT2D eigenvalue weighted by Gasteiger charge is -2.23. The summed E-state index contributed by atoms with van der Waals surface area (Å²) in [6.45, 7) is -2.61. The van der Waals surface area contributed by atoms with Crippen molar-refractivity contribution in [3.63, 3.8) is 0 Å². The second-order valence-corrected chi connectivity index (χ2v) is 7.68. The molecule has 0 saturated carbocycles. The summed E-state index contributed by atoms with van der Waals surface area (Å²) in [6, 6.07) is 9.05. The van der Waals surface area contributed by atoms with Crippen molar-refractivity contribution in [3.05, 3.63) is 83.1 Å². The van der Waals surface area contributed by atoms with Crippen LogP contribution in [0.4, 0.5) is 27.9 Å². The van der Waals surface area contributed by atoms with E-state index in [1.165, 1.54) is 35.0 Å². The lowest BCUT2D eigenvalue weighted by molar-refractivity contribution is -0.106. The van der Waals surface area contributed by atoms with Gasteiger partial charge in [-0.2, -0.15) is 4.98 Å². The van der Waals surface area contributed by atoms with Crippen molar-refractivity contribution in [1.29, 1.82) is 0 Å². The molecule has 0 aliphatic rings. The number of carbonyl (C=O) groups is 1. The molecule has 2 aromatic heterocycles. The molecule has 0 bridgehead atoms. The van der Waals surface area contributed by atoms with Crippen molar-refractivity contribution in [2.24, 2.45) is 0 Å². The summed E-state index contributed by atoms with van der Waals surface area (Å²) in [7, 11) is 0. The van der Waals surface area contributed by atoms with E-state index in [1.807, 2.05) is 5.32 Å². The summed E-state index contributed by atoms with van der Waals surface area (Å²) >= 11 is 0. The number of nitrogens with zero attached hydrogens (tertiary/aromatic N) is 3. The first-order valence-electron chi connectivity index (χ1n) is 10.2. The molecule has 2 heterocycles. The highest BCUT2D eigenvalue weighted by molar-refractivity contribution is 5.97. The van der Waals surface area contributed by atoms with Crippen LogP contribution >= 0.6 is 0 Å². The van der Waals surface area contributed by atoms with Gasteiger partial charge in [-0.15, -0.1) is 5.10 Å². The second-order valence-electron chi connectivity index (χ2n) is 7.68. The van der Waals surface area contributed by atoms with Crippen LogP contribution in [0.3, 0.4) is 0 Å². The topological polar surface area (TPSA) is 106 Å². The number of hydrogen-bond acceptors (Lipinski definition) is 5. The minimum atomic E-state index is -3.89. The van der Waals surface area contributed by atoms with Gasteiger partial charge in [0.2, 0.25) is 5.95 Å². The Morgan fingerprint density at radius 3 is 2.54 bits per heavy atom. The van der Waals surface area contributed by atoms with E-state index in [9.17, 15) is 27.5 Å². The molecule has 0 aliphatic heterocycles. The molecule has 2 aromatic carbocycles. The third-order valence-electron chi connectivity index (χ3n) is 5.33. The zero-order valence-corrected chi connectivity index (χ0v) is 17.9. The van der Waals surface area contributed by atoms with Gasteiger partial charge in [-0.05, 0) is 41.0 Å². The number of aromatic nitrogens is 3. The van der Waals surface area contributed by atoms with E-state index >= 15 is 4.39 Å². The molecular formula is C23H18F5N5O2. The standard InChI is InChI=1S/C23H18F5N5O2/c24-10-14-3-6-16(13-7-8-33-17(9-13)31-22(29)32-33)19(26)18(14)21(35)30-11-23(27,28)20(34)12-1-4-15(25)5-2-12/h1-9,20,34H,10-11H2,(H2,29,32)(H,30,35). The molecule has 0 saturated heterocycles. The summed E-state index contributed by atoms with van der Waals surface area (Å²) in [5.74, 6) is -7.01. The fraction of sp³-hybridized carbons (Fsp3) is 0.174. The number of fused-ring (bicyclic) bond motifs is 1. The van der Waals surface area contributed by atoms with Crippen LogP contribution in [-0.2, 0) is 6.67 Å². The number of alkyl halides is 3. The average Bonchev–Trinajstić information content (AvgIpc) is 3.21. The Bertz CT molecular complexity index is 1390. The molecule has 1 amide bonds. The molecule has 4 N–H and O–H groups in total. The number of benzene rings is 2. The fourth-order valence-electron chi connectivity index (χ4n) is 3.53. The van der Waals surface area contributed by atoms with Crippen molar-refractivity contribution >= 4 is 17.5 Å². The van der Waals surface area contributed by atoms with E-state index in [2.05, 4.69) is 10.1 Å². The van der Waals surface area contributed by atoms with Gasteiger partial charge in [0.25, 0.3) is 11.8 Å². The van der Waals surface area contributed by atoms with Gasteiger partial charge in [0, 0.05) is 11.8 Å². The molecule has 12 heteroatoms. The predicted molar refractivity (Wildman–Crippen MR) is 116 cm³/mol. The summed E-state index contributed by atoms with van der Waals surface area (Å²) < 4.78 is 72.3. The summed E-state index contributed by atoms with van der Waals surface area (Å²) in [5.41, 5.74) is 4.60. The number of pyridine rings is 1. The van der Waals surface area contributed by atoms with E-state index in [4.69, 9.17) is 5.73 Å². The minimum Gasteiger partial charge on any atom is -0.382 e. The third kappa shape index (κ3) is 4.78. The molecule has 0 spiro atoms. The Kier molecular flexibility index (Phi) is 6.39. The average molecular weight is 491 g/mol. The Labute approximate surface area is 195 Å². The van der Waals surface area contributed by atoms with Gasteiger partial charge in [0.05, 0.1) is 12.1 Å². The number of hydrogen-bond donors (Lipinski definition) is 3. The molecule has 4 rings (SSSR count). The maximum absolute atomic E-state index is 15.4. The van der Waals surface area contributed by atoms with Crippen LogP contribution in [0.1, 0.15) is 27.6 Å². The Morgan fingerprint density at radius 1 is 1.14 bits per heavy atom. The molecular weight excluding hydrogens is 473 g/mol. The first-order valence-corrected chi connectivity index (χ1v) is 10.2. The van der Waals surface area contributed by atoms with E-state index in [-0.39, 0.29) is 33.8 Å². The van der Waals surface area contributed by atoms with Crippen molar-refractivity contribution < 1.29 is 31.9 Å². The van der Waals surface area contributed by atoms with E-state index in [1.54, 1.807) is 0 Å². The number of rotatable bonds is 7. The molecule has 0 fully saturated rings. The summed E-state index contributed by atoms with van der Waals surface area (Å²) in [5, 5.41) is 15.7. The maximum atomic E-state index is 15.4. The highest BCUT2D eigenvalue weighted by Gasteiger charge is 2.40. The van der Waals surface area contributed by atoms with Crippen molar-refractivity contribution in [1.82, 2.24) is 19.9 Å². The first kappa shape index (κ1) is 24.1. The SMILES string of the molecule is Nc1nc2cc(-c3ccc(CF)c(C(=O)NCC(F)(F)C(O)c4ccc(F)cc4)c3F)ccn2n1. The van der Waals surface area contributed by atoms with Gasteiger partial charge >= 0.3 is 0 Å². The van der Waals surface area contributed by atoms with Gasteiger partial charge in [-0.1, -0.05) is 24.3 Å². The molecule has 4 aromatic rings. The molecule has 35 heavy (non-hydrogen) atoms. The molecule has 1 unspecified atom stereocenters. The van der Waals surface area contributed by atoms with Gasteiger partial charge in [0.1, 0.15) is 24.4 Å². The number of anilines is 1. The minimum absolute atomic E-state index is 0.0146. The fourth-order valence-corrected chi connectivity index (χ4v) is 3.53. The Morgan fingerprint density at radius 2 is 1.86 bits per heavy atom. The molecule has 182 valence electrons. The zero-order chi connectivity index (χ0) is 25.3. The largest absolute Gasteiger partial charge is 0.382 e. The smallest absolute Gasteiger partial charge is 0.294 e. The number of carbonyl (C=O) groups excluding carboxylic acids is 1. The van der Waals surface area contributed by atoms with Gasteiger partial charge in [0.15, 0.2) is 5.65 Å². The number of nitrogens with two attached hydrogens (primary N) is 1. The quantitative estimate of drug-likeness (QED) is 0.341. The molecule has 1 atom stereocenters. The molecule has 7 nitrogen and oxygen atoms in total. The maximum Gasteiger partial charge on any atom is 0.294 e. The van der Waals surface area contributed by atoms with Crippen LogP contribution in [0.15, 0.2) is 54.7 Å². The highest BCUT2D eigenvalue weighted by Crippen LogP contribution is 2.32.